The summed E-state index contributed by atoms with van der Waals surface area (Å²) in [5.41, 5.74) is 2.75. The number of aromatic nitrogens is 7. The minimum atomic E-state index is -3.64. The lowest BCUT2D eigenvalue weighted by molar-refractivity contribution is -0.149. The van der Waals surface area contributed by atoms with Crippen molar-refractivity contribution in [2.75, 3.05) is 31.7 Å². The van der Waals surface area contributed by atoms with Crippen LogP contribution < -0.4 is 26.0 Å². The lowest BCUT2D eigenvalue weighted by atomic mass is 9.90. The zero-order chi connectivity index (χ0) is 57.0. The van der Waals surface area contributed by atoms with Crippen molar-refractivity contribution in [1.29, 1.82) is 0 Å². The van der Waals surface area contributed by atoms with E-state index >= 15 is 0 Å². The van der Waals surface area contributed by atoms with Crippen molar-refractivity contribution in [3.05, 3.63) is 111 Å². The van der Waals surface area contributed by atoms with Crippen molar-refractivity contribution >= 4 is 119 Å². The number of carbonyl (C=O) groups is 6. The molecule has 9 rings (SSSR count). The second kappa shape index (κ2) is 24.7. The molecule has 4 atom stereocenters. The zero-order valence-electron chi connectivity index (χ0n) is 43.6. The topological polar surface area (TPSA) is 305 Å². The van der Waals surface area contributed by atoms with Crippen molar-refractivity contribution in [2.24, 2.45) is 5.92 Å². The maximum Gasteiger partial charge on any atom is 0.303 e. The number of pyridine rings is 1. The Morgan fingerprint density at radius 2 is 1.45 bits per heavy atom. The molecule has 7 aromatic heterocycles. The lowest BCUT2D eigenvalue weighted by Gasteiger charge is -2.26. The van der Waals surface area contributed by atoms with E-state index < -0.39 is 70.3 Å². The number of benzene rings is 1. The molecule has 80 heavy (non-hydrogen) atoms. The molecule has 5 N–H and O–H groups in total. The van der Waals surface area contributed by atoms with Crippen LogP contribution in [0.5, 0.6) is 0 Å². The van der Waals surface area contributed by atoms with Gasteiger partial charge in [0.2, 0.25) is 21.8 Å². The van der Waals surface area contributed by atoms with E-state index in [0.29, 0.717) is 73.7 Å². The summed E-state index contributed by atoms with van der Waals surface area (Å²) in [5.74, 6) is -3.78. The van der Waals surface area contributed by atoms with Gasteiger partial charge in [0, 0.05) is 65.4 Å². The minimum absolute atomic E-state index is 0.0150. The average Bonchev–Trinajstić information content (AvgIpc) is 4.32. The number of rotatable bonds is 11. The van der Waals surface area contributed by atoms with Crippen LogP contribution in [0.4, 0.5) is 5.82 Å². The number of carbonyl (C=O) groups excluding carboxylic acids is 6. The summed E-state index contributed by atoms with van der Waals surface area (Å²) in [6.07, 6.45) is -0.307. The Kier molecular flexibility index (Phi) is 17.8. The number of sulfonamides is 1. The highest BCUT2D eigenvalue weighted by atomic mass is 32.2. The van der Waals surface area contributed by atoms with Crippen molar-refractivity contribution in [3.8, 4) is 43.4 Å². The first kappa shape index (κ1) is 57.6. The number of hydrogen-bond donors (Lipinski definition) is 5. The third-order valence-electron chi connectivity index (χ3n) is 12.2. The maximum atomic E-state index is 14.3. The molecule has 22 nitrogen and oxygen atoms in total. The Hall–Kier alpha value is -7.12. The summed E-state index contributed by atoms with van der Waals surface area (Å²) in [6.45, 7) is 6.36. The standard InChI is InChI=1S/C51H50N12O10S7/c1-23(2)28-15-34(65)39-24(3)78-50(61-39)30(16-37(66)52-5)55-44(68)32-20-74-46(57-32)27-13-14-29(48-59-36(22-77-48)63-80(7,70)71)54-40(27)31-19-75-49(56-31)33-21-76-51(58-33)42(43(73-25(4)64)26-11-9-8-10-12-26)60-38(67)17-53-45(69)41-35(18-72-6)79-47(28)62-41/h8-14,19-23,28,30,42-43,63H,15-18H2,1-7H3,(H,52,66)(H,53,69)(H,55,68)(H,60,67)/t28-,30+,42+,43+/m1/s1. The average molecular weight is 1220 g/mol. The van der Waals surface area contributed by atoms with Crippen LogP contribution in [0.3, 0.4) is 0 Å². The van der Waals surface area contributed by atoms with E-state index in [2.05, 4.69) is 31.0 Å². The molecule has 1 aromatic carbocycles. The quantitative estimate of drug-likeness (QED) is 0.0763. The molecule has 0 saturated carbocycles. The molecule has 1 aliphatic rings. The number of hydrogen-bond acceptors (Lipinski definition) is 23. The van der Waals surface area contributed by atoms with Gasteiger partial charge >= 0.3 is 5.97 Å². The van der Waals surface area contributed by atoms with Gasteiger partial charge in [-0.2, -0.15) is 0 Å². The van der Waals surface area contributed by atoms with Crippen molar-refractivity contribution in [1.82, 2.24) is 56.2 Å². The van der Waals surface area contributed by atoms with Crippen molar-refractivity contribution in [3.63, 3.8) is 0 Å². The Morgan fingerprint density at radius 1 is 0.750 bits per heavy atom. The molecule has 0 radical (unpaired) electrons. The van der Waals surface area contributed by atoms with Gasteiger partial charge in [0.05, 0.1) is 47.4 Å². The highest BCUT2D eigenvalue weighted by Gasteiger charge is 2.35. The predicted molar refractivity (Wildman–Crippen MR) is 306 cm³/mol. The summed E-state index contributed by atoms with van der Waals surface area (Å²) in [6, 6.07) is 10.2. The first-order valence-electron chi connectivity index (χ1n) is 24.4. The summed E-state index contributed by atoms with van der Waals surface area (Å²) in [4.78, 5) is 117. The number of ether oxygens (including phenoxy) is 2. The van der Waals surface area contributed by atoms with E-state index in [4.69, 9.17) is 39.4 Å². The van der Waals surface area contributed by atoms with Gasteiger partial charge in [-0.25, -0.2) is 43.3 Å². The largest absolute Gasteiger partial charge is 0.455 e. The van der Waals surface area contributed by atoms with E-state index in [1.807, 2.05) is 13.8 Å². The molecule has 8 heterocycles. The van der Waals surface area contributed by atoms with E-state index in [1.54, 1.807) is 70.9 Å². The molecule has 29 heteroatoms. The highest BCUT2D eigenvalue weighted by molar-refractivity contribution is 7.92. The Bertz CT molecular complexity index is 3750. The van der Waals surface area contributed by atoms with Crippen LogP contribution >= 0.6 is 68.0 Å². The Balaban J connectivity index is 1.16. The SMILES string of the molecule is CNC(=O)C[C@@H]1NC(=O)c2csc(n2)-c2ccc(-c3nc(NS(C)(=O)=O)cs3)nc2-c2csc(n2)-c2csc(n2)[C@H]([C@@H](OC(C)=O)c2ccccc2)NC(=O)CNC(=O)c2nc(sc2COC)[C@@H](C(C)C)CC(=O)c2nc1sc2C. The molecule has 0 fully saturated rings. The Labute approximate surface area is 482 Å². The van der Waals surface area contributed by atoms with Crippen LogP contribution in [-0.4, -0.2) is 106 Å². The van der Waals surface area contributed by atoms with Gasteiger partial charge in [-0.3, -0.25) is 33.5 Å². The summed E-state index contributed by atoms with van der Waals surface area (Å²) in [5, 5.41) is 20.2. The molecule has 4 amide bonds. The molecule has 1 aliphatic heterocycles. The smallest absolute Gasteiger partial charge is 0.303 e. The fourth-order valence-electron chi connectivity index (χ4n) is 8.37. The fraction of sp³-hybridized carbons (Fsp3) is 0.314. The van der Waals surface area contributed by atoms with E-state index in [0.717, 1.165) is 28.9 Å². The number of esters is 1. The van der Waals surface area contributed by atoms with Gasteiger partial charge in [0.15, 0.2) is 17.7 Å². The van der Waals surface area contributed by atoms with E-state index in [1.165, 1.54) is 66.4 Å². The third kappa shape index (κ3) is 13.4. The second-order valence-corrected chi connectivity index (χ2v) is 26.0. The number of fused-ring (bicyclic) bond motifs is 14. The van der Waals surface area contributed by atoms with Gasteiger partial charge in [0.1, 0.15) is 65.2 Å². The molecule has 416 valence electrons. The molecular weight excluding hydrogens is 1170 g/mol. The van der Waals surface area contributed by atoms with Crippen molar-refractivity contribution in [2.45, 2.75) is 71.2 Å². The van der Waals surface area contributed by atoms with Crippen molar-refractivity contribution < 1.29 is 46.7 Å². The first-order valence-corrected chi connectivity index (χ1v) is 31.4. The number of Topliss-reactive ketones (excluding diaryl/α,β-unsaturated/α-hetero) is 1. The number of nitrogens with one attached hydrogen (secondary N) is 5. The summed E-state index contributed by atoms with van der Waals surface area (Å²) >= 11 is 7.15. The van der Waals surface area contributed by atoms with Gasteiger partial charge in [-0.05, 0) is 30.5 Å². The number of anilines is 1. The van der Waals surface area contributed by atoms with Crippen LogP contribution in [-0.2, 0) is 40.5 Å². The van der Waals surface area contributed by atoms with Crippen LogP contribution in [0.25, 0.3) is 43.4 Å². The number of thiazole rings is 6. The van der Waals surface area contributed by atoms with Crippen LogP contribution in [0.2, 0.25) is 0 Å². The zero-order valence-corrected chi connectivity index (χ0v) is 49.4. The van der Waals surface area contributed by atoms with Crippen LogP contribution in [0.1, 0.15) is 120 Å². The molecule has 0 unspecified atom stereocenters. The minimum Gasteiger partial charge on any atom is -0.455 e. The number of ketones is 1. The molecule has 0 aliphatic carbocycles. The van der Waals surface area contributed by atoms with Gasteiger partial charge in [-0.1, -0.05) is 44.2 Å². The van der Waals surface area contributed by atoms with Gasteiger partial charge < -0.3 is 30.7 Å². The predicted octanol–water partition coefficient (Wildman–Crippen LogP) is 8.14. The second-order valence-electron chi connectivity index (χ2n) is 18.4. The summed E-state index contributed by atoms with van der Waals surface area (Å²) in [7, 11) is -0.688. The number of nitrogens with zero attached hydrogens (tertiary/aromatic N) is 7. The fourth-order valence-corrected chi connectivity index (χ4v) is 14.5. The number of methoxy groups -OCH3 is 1. The molecule has 0 saturated heterocycles. The molecule has 0 spiro atoms. The van der Waals surface area contributed by atoms with Gasteiger partial charge in [-0.15, -0.1) is 68.0 Å². The number of amides is 4. The van der Waals surface area contributed by atoms with Crippen LogP contribution in [0.15, 0.2) is 64.0 Å². The molecular formula is C51H50N12O10S7. The third-order valence-corrected chi connectivity index (χ3v) is 18.5. The highest BCUT2D eigenvalue weighted by Crippen LogP contribution is 2.41. The first-order chi connectivity index (χ1) is 38.2. The monoisotopic (exact) mass is 1210 g/mol. The van der Waals surface area contributed by atoms with E-state index in [-0.39, 0.29) is 54.0 Å². The Morgan fingerprint density at radius 3 is 2.17 bits per heavy atom. The number of aryl methyl sites for hydroxylation is 1. The lowest BCUT2D eigenvalue weighted by Crippen LogP contribution is -2.41. The molecule has 10 bridgehead atoms. The van der Waals surface area contributed by atoms with E-state index in [9.17, 15) is 37.2 Å². The summed E-state index contributed by atoms with van der Waals surface area (Å²) < 4.78 is 37.9. The van der Waals surface area contributed by atoms with Gasteiger partial charge in [0.25, 0.3) is 11.8 Å². The van der Waals surface area contributed by atoms with Crippen LogP contribution in [0, 0.1) is 12.8 Å². The maximum absolute atomic E-state index is 14.3. The molecule has 8 aromatic rings. The normalized spacial score (nSPS) is 16.8.